The fraction of sp³-hybridized carbons (Fsp3) is 0.167. The molecule has 0 saturated heterocycles. The third-order valence-electron chi connectivity index (χ3n) is 5.11. The van der Waals surface area contributed by atoms with E-state index in [4.69, 9.17) is 5.26 Å². The fourth-order valence-corrected chi connectivity index (χ4v) is 4.47. The van der Waals surface area contributed by atoms with Crippen molar-refractivity contribution < 1.29 is 9.59 Å². The number of benzene rings is 2. The summed E-state index contributed by atoms with van der Waals surface area (Å²) in [6, 6.07) is 16.9. The lowest BCUT2D eigenvalue weighted by Gasteiger charge is -2.32. The first kappa shape index (κ1) is 20.5. The zero-order valence-corrected chi connectivity index (χ0v) is 17.7. The van der Waals surface area contributed by atoms with Crippen molar-refractivity contribution in [3.63, 3.8) is 0 Å². The number of thiazole rings is 1. The van der Waals surface area contributed by atoms with Gasteiger partial charge >= 0.3 is 0 Å². The molecule has 154 valence electrons. The number of carbonyl (C=O) groups is 2. The van der Waals surface area contributed by atoms with Crippen molar-refractivity contribution in [3.8, 4) is 6.07 Å². The summed E-state index contributed by atoms with van der Waals surface area (Å²) in [4.78, 5) is 31.8. The first-order chi connectivity index (χ1) is 15.0. The van der Waals surface area contributed by atoms with Crippen LogP contribution in [0.5, 0.6) is 0 Å². The highest BCUT2D eigenvalue weighted by atomic mass is 32.1. The number of carbonyl (C=O) groups excluding carboxylic acids is 2. The van der Waals surface area contributed by atoms with Crippen LogP contribution in [0.4, 0.5) is 5.13 Å². The van der Waals surface area contributed by atoms with Crippen molar-refractivity contribution in [2.45, 2.75) is 25.8 Å². The maximum Gasteiger partial charge on any atom is 0.228 e. The first-order valence-corrected chi connectivity index (χ1v) is 10.6. The van der Waals surface area contributed by atoms with Crippen LogP contribution in [0.25, 0.3) is 6.08 Å². The lowest BCUT2D eigenvalue weighted by molar-refractivity contribution is -0.129. The average molecular weight is 429 g/mol. The van der Waals surface area contributed by atoms with Crippen molar-refractivity contribution in [1.29, 1.82) is 5.26 Å². The van der Waals surface area contributed by atoms with Crippen molar-refractivity contribution in [2.24, 2.45) is 0 Å². The van der Waals surface area contributed by atoms with E-state index in [9.17, 15) is 9.59 Å². The maximum absolute atomic E-state index is 12.8. The van der Waals surface area contributed by atoms with Crippen LogP contribution in [0.15, 0.2) is 60.9 Å². The van der Waals surface area contributed by atoms with E-state index in [0.717, 1.165) is 21.6 Å². The summed E-state index contributed by atoms with van der Waals surface area (Å²) in [5.74, 6) is -0.303. The van der Waals surface area contributed by atoms with E-state index in [2.05, 4.69) is 16.4 Å². The predicted octanol–water partition coefficient (Wildman–Crippen LogP) is 4.51. The van der Waals surface area contributed by atoms with Crippen LogP contribution in [0.1, 0.15) is 46.5 Å². The van der Waals surface area contributed by atoms with E-state index in [1.165, 1.54) is 18.3 Å². The predicted molar refractivity (Wildman–Crippen MR) is 120 cm³/mol. The van der Waals surface area contributed by atoms with Crippen LogP contribution in [-0.2, 0) is 16.0 Å². The number of nitrogens with zero attached hydrogens (tertiary/aromatic N) is 3. The lowest BCUT2D eigenvalue weighted by Crippen LogP contribution is -2.33. The van der Waals surface area contributed by atoms with Crippen LogP contribution < -0.4 is 5.32 Å². The molecule has 6 nitrogen and oxygen atoms in total. The van der Waals surface area contributed by atoms with Crippen LogP contribution in [0, 0.1) is 11.3 Å². The van der Waals surface area contributed by atoms with Gasteiger partial charge in [-0.15, -0.1) is 11.3 Å². The summed E-state index contributed by atoms with van der Waals surface area (Å²) in [5, 5.41) is 12.3. The van der Waals surface area contributed by atoms with Crippen LogP contribution in [0.3, 0.4) is 0 Å². The van der Waals surface area contributed by atoms with Gasteiger partial charge in [0.1, 0.15) is 0 Å². The van der Waals surface area contributed by atoms with E-state index >= 15 is 0 Å². The first-order valence-electron chi connectivity index (χ1n) is 9.83. The topological polar surface area (TPSA) is 86.1 Å². The molecule has 31 heavy (non-hydrogen) atoms. The molecule has 2 aromatic carbocycles. The fourth-order valence-electron chi connectivity index (χ4n) is 3.60. The molecule has 2 heterocycles. The zero-order valence-electron chi connectivity index (χ0n) is 16.9. The van der Waals surface area contributed by atoms with Crippen molar-refractivity contribution in [1.82, 2.24) is 9.88 Å². The van der Waals surface area contributed by atoms with E-state index in [1.807, 2.05) is 42.5 Å². The molecule has 2 amide bonds. The summed E-state index contributed by atoms with van der Waals surface area (Å²) in [6.45, 7) is 1.50. The molecule has 1 aromatic heterocycles. The van der Waals surface area contributed by atoms with E-state index in [-0.39, 0.29) is 24.3 Å². The number of fused-ring (bicyclic) bond motifs is 1. The third-order valence-corrected chi connectivity index (χ3v) is 6.02. The Hall–Kier alpha value is -3.76. The van der Waals surface area contributed by atoms with Crippen molar-refractivity contribution >= 4 is 34.4 Å². The van der Waals surface area contributed by atoms with E-state index in [1.54, 1.807) is 29.4 Å². The third kappa shape index (κ3) is 4.71. The van der Waals surface area contributed by atoms with Gasteiger partial charge in [0.05, 0.1) is 24.1 Å². The Bertz CT molecular complexity index is 1190. The Labute approximate surface area is 184 Å². The molecule has 0 bridgehead atoms. The van der Waals surface area contributed by atoms with Gasteiger partial charge in [0, 0.05) is 30.6 Å². The number of rotatable bonds is 5. The lowest BCUT2D eigenvalue weighted by atomic mass is 9.93. The largest absolute Gasteiger partial charge is 0.311 e. The number of anilines is 1. The number of hydrogen-bond acceptors (Lipinski definition) is 5. The average Bonchev–Trinajstić information content (AvgIpc) is 3.20. The number of aromatic nitrogens is 1. The van der Waals surface area contributed by atoms with Crippen molar-refractivity contribution in [2.75, 3.05) is 5.32 Å². The van der Waals surface area contributed by atoms with Crippen LogP contribution in [-0.4, -0.2) is 21.7 Å². The minimum absolute atomic E-state index is 0.109. The highest BCUT2D eigenvalue weighted by molar-refractivity contribution is 7.15. The molecule has 1 N–H and O–H groups in total. The molecule has 1 atom stereocenters. The maximum atomic E-state index is 12.8. The Morgan fingerprint density at radius 3 is 2.71 bits per heavy atom. The molecule has 7 heteroatoms. The zero-order chi connectivity index (χ0) is 21.8. The molecule has 0 radical (unpaired) electrons. The Morgan fingerprint density at radius 1 is 1.19 bits per heavy atom. The second kappa shape index (κ2) is 8.94. The van der Waals surface area contributed by atoms with Crippen LogP contribution in [0.2, 0.25) is 0 Å². The number of nitriles is 1. The number of nitrogens with one attached hydrogen (secondary N) is 1. The van der Waals surface area contributed by atoms with E-state index < -0.39 is 0 Å². The van der Waals surface area contributed by atoms with E-state index in [0.29, 0.717) is 17.1 Å². The van der Waals surface area contributed by atoms with Crippen molar-refractivity contribution in [3.05, 3.63) is 88.1 Å². The minimum Gasteiger partial charge on any atom is -0.311 e. The quantitative estimate of drug-likeness (QED) is 0.648. The molecule has 0 fully saturated rings. The normalized spacial score (nSPS) is 14.6. The second-order valence-corrected chi connectivity index (χ2v) is 8.37. The van der Waals surface area contributed by atoms with Gasteiger partial charge < -0.3 is 10.2 Å². The Morgan fingerprint density at radius 2 is 1.97 bits per heavy atom. The van der Waals surface area contributed by atoms with Gasteiger partial charge in [-0.3, -0.25) is 9.59 Å². The molecule has 1 aliphatic rings. The van der Waals surface area contributed by atoms with Gasteiger partial charge in [-0.05, 0) is 34.9 Å². The van der Waals surface area contributed by atoms with Gasteiger partial charge in [-0.2, -0.15) is 5.26 Å². The van der Waals surface area contributed by atoms with Gasteiger partial charge in [-0.1, -0.05) is 36.4 Å². The second-order valence-electron chi connectivity index (χ2n) is 7.26. The molecule has 0 saturated carbocycles. The molecular weight excluding hydrogens is 408 g/mol. The molecule has 0 unspecified atom stereocenters. The summed E-state index contributed by atoms with van der Waals surface area (Å²) < 4.78 is 0. The van der Waals surface area contributed by atoms with Gasteiger partial charge in [0.2, 0.25) is 11.8 Å². The molecule has 3 aromatic rings. The number of amides is 2. The molecule has 1 aliphatic heterocycles. The SMILES string of the molecule is CC(=O)N1C=Cc2ccccc2[C@@H]1CC(=O)Nc1ncc(Cc2ccc(C#N)cc2)s1. The van der Waals surface area contributed by atoms with Crippen LogP contribution >= 0.6 is 11.3 Å². The van der Waals surface area contributed by atoms with Gasteiger partial charge in [0.15, 0.2) is 5.13 Å². The Balaban J connectivity index is 1.43. The molecular formula is C24H20N4O2S. The minimum atomic E-state index is -0.350. The van der Waals surface area contributed by atoms with Gasteiger partial charge in [-0.25, -0.2) is 4.98 Å². The summed E-state index contributed by atoms with van der Waals surface area (Å²) in [5.41, 5.74) is 3.66. The number of hydrogen-bond donors (Lipinski definition) is 1. The Kier molecular flexibility index (Phi) is 5.92. The highest BCUT2D eigenvalue weighted by Crippen LogP contribution is 2.33. The molecule has 4 rings (SSSR count). The summed E-state index contributed by atoms with van der Waals surface area (Å²) >= 11 is 1.42. The summed E-state index contributed by atoms with van der Waals surface area (Å²) in [7, 11) is 0. The standard InChI is InChI=1S/C24H20N4O2S/c1-16(29)28-11-10-19-4-2-3-5-21(19)22(28)13-23(30)27-24-26-15-20(31-24)12-17-6-8-18(14-25)9-7-17/h2-11,15,22H,12-13H2,1H3,(H,26,27,30)/t22-/m0/s1. The molecule has 0 aliphatic carbocycles. The summed E-state index contributed by atoms with van der Waals surface area (Å²) in [6.07, 6.45) is 6.20. The smallest absolute Gasteiger partial charge is 0.228 e. The molecule has 0 spiro atoms. The highest BCUT2D eigenvalue weighted by Gasteiger charge is 2.28. The van der Waals surface area contributed by atoms with Gasteiger partial charge in [0.25, 0.3) is 0 Å². The monoisotopic (exact) mass is 428 g/mol.